The standard InChI is InChI=1S/C13H26O2S/c1-3-5-7-8-9-11-13(10-6-4-2)12-16(14)15/h12H,3-11H2,1-2H3,(H,14,15). The summed E-state index contributed by atoms with van der Waals surface area (Å²) in [7, 11) is 0. The fourth-order valence-electron chi connectivity index (χ4n) is 1.74. The third-order valence-electron chi connectivity index (χ3n) is 2.72. The van der Waals surface area contributed by atoms with Crippen LogP contribution in [0.5, 0.6) is 0 Å². The summed E-state index contributed by atoms with van der Waals surface area (Å²) in [6.45, 7) is 4.36. The quantitative estimate of drug-likeness (QED) is 0.450. The predicted octanol–water partition coefficient (Wildman–Crippen LogP) is 4.64. The van der Waals surface area contributed by atoms with Gasteiger partial charge < -0.3 is 4.55 Å². The highest BCUT2D eigenvalue weighted by atomic mass is 32.2. The van der Waals surface area contributed by atoms with Gasteiger partial charge in [0.1, 0.15) is 0 Å². The first-order valence-corrected chi connectivity index (χ1v) is 7.66. The summed E-state index contributed by atoms with van der Waals surface area (Å²) in [4.78, 5) is 0. The predicted molar refractivity (Wildman–Crippen MR) is 71.8 cm³/mol. The molecule has 0 spiro atoms. The van der Waals surface area contributed by atoms with Crippen LogP contribution >= 0.6 is 0 Å². The van der Waals surface area contributed by atoms with E-state index in [1.165, 1.54) is 36.7 Å². The smallest absolute Gasteiger partial charge is 0.178 e. The molecule has 0 aromatic heterocycles. The van der Waals surface area contributed by atoms with Gasteiger partial charge in [-0.15, -0.1) is 0 Å². The van der Waals surface area contributed by atoms with Crippen LogP contribution in [-0.2, 0) is 11.1 Å². The summed E-state index contributed by atoms with van der Waals surface area (Å²) in [5.41, 5.74) is 1.17. The zero-order chi connectivity index (χ0) is 12.2. The molecule has 0 aromatic rings. The highest BCUT2D eigenvalue weighted by molar-refractivity contribution is 7.82. The molecule has 0 radical (unpaired) electrons. The van der Waals surface area contributed by atoms with E-state index in [-0.39, 0.29) is 0 Å². The second kappa shape index (κ2) is 11.3. The first-order valence-electron chi connectivity index (χ1n) is 6.49. The molecule has 0 fully saturated rings. The molecular formula is C13H26O2S. The van der Waals surface area contributed by atoms with Gasteiger partial charge in [-0.1, -0.05) is 51.5 Å². The van der Waals surface area contributed by atoms with Crippen LogP contribution in [0.3, 0.4) is 0 Å². The third kappa shape index (κ3) is 10.4. The summed E-state index contributed by atoms with van der Waals surface area (Å²) in [5.74, 6) is 0. The van der Waals surface area contributed by atoms with E-state index < -0.39 is 11.1 Å². The average molecular weight is 246 g/mol. The van der Waals surface area contributed by atoms with E-state index in [4.69, 9.17) is 4.55 Å². The van der Waals surface area contributed by atoms with Crippen LogP contribution in [0.4, 0.5) is 0 Å². The van der Waals surface area contributed by atoms with E-state index in [2.05, 4.69) is 13.8 Å². The van der Waals surface area contributed by atoms with Crippen molar-refractivity contribution in [1.82, 2.24) is 0 Å². The monoisotopic (exact) mass is 246 g/mol. The van der Waals surface area contributed by atoms with Gasteiger partial charge in [0.25, 0.3) is 0 Å². The third-order valence-corrected chi connectivity index (χ3v) is 3.26. The van der Waals surface area contributed by atoms with Gasteiger partial charge in [-0.25, -0.2) is 4.21 Å². The fourth-order valence-corrected chi connectivity index (χ4v) is 2.27. The first kappa shape index (κ1) is 15.9. The number of hydrogen-bond acceptors (Lipinski definition) is 1. The average Bonchev–Trinajstić information content (AvgIpc) is 2.24. The van der Waals surface area contributed by atoms with E-state index in [0.717, 1.165) is 32.1 Å². The van der Waals surface area contributed by atoms with Crippen molar-refractivity contribution >= 4 is 11.1 Å². The molecule has 0 aliphatic heterocycles. The van der Waals surface area contributed by atoms with Gasteiger partial charge >= 0.3 is 0 Å². The molecule has 1 unspecified atom stereocenters. The molecule has 3 heteroatoms. The van der Waals surface area contributed by atoms with Crippen molar-refractivity contribution in [2.24, 2.45) is 0 Å². The maximum absolute atomic E-state index is 10.7. The first-order chi connectivity index (χ1) is 7.70. The van der Waals surface area contributed by atoms with Crippen molar-refractivity contribution in [1.29, 1.82) is 0 Å². The molecule has 0 aliphatic rings. The minimum absolute atomic E-state index is 0.983. The van der Waals surface area contributed by atoms with E-state index in [9.17, 15) is 4.21 Å². The van der Waals surface area contributed by atoms with Gasteiger partial charge in [-0.3, -0.25) is 0 Å². The van der Waals surface area contributed by atoms with Crippen LogP contribution in [0.15, 0.2) is 11.0 Å². The number of rotatable bonds is 10. The Morgan fingerprint density at radius 1 is 1.00 bits per heavy atom. The second-order valence-corrected chi connectivity index (χ2v) is 5.11. The molecule has 2 nitrogen and oxygen atoms in total. The normalized spacial score (nSPS) is 14.1. The summed E-state index contributed by atoms with van der Waals surface area (Å²) in [6.07, 6.45) is 10.5. The Balaban J connectivity index is 3.79. The Hall–Kier alpha value is -0.150. The maximum Gasteiger partial charge on any atom is 0.178 e. The van der Waals surface area contributed by atoms with Crippen molar-refractivity contribution in [2.75, 3.05) is 0 Å². The van der Waals surface area contributed by atoms with Crippen LogP contribution in [0.25, 0.3) is 0 Å². The highest BCUT2D eigenvalue weighted by Crippen LogP contribution is 2.17. The Bertz CT molecular complexity index is 212. The topological polar surface area (TPSA) is 37.3 Å². The highest BCUT2D eigenvalue weighted by Gasteiger charge is 2.00. The summed E-state index contributed by atoms with van der Waals surface area (Å²) in [6, 6.07) is 0. The lowest BCUT2D eigenvalue weighted by Gasteiger charge is -2.06. The zero-order valence-corrected chi connectivity index (χ0v) is 11.5. The van der Waals surface area contributed by atoms with Crippen LogP contribution in [-0.4, -0.2) is 8.76 Å². The molecule has 0 rings (SSSR count). The van der Waals surface area contributed by atoms with E-state index in [1.807, 2.05) is 0 Å². The Labute approximate surface area is 103 Å². The second-order valence-electron chi connectivity index (χ2n) is 4.32. The minimum atomic E-state index is -1.77. The van der Waals surface area contributed by atoms with Crippen molar-refractivity contribution in [3.63, 3.8) is 0 Å². The molecule has 0 bridgehead atoms. The molecule has 96 valence electrons. The van der Waals surface area contributed by atoms with Gasteiger partial charge in [0, 0.05) is 5.41 Å². The number of hydrogen-bond donors (Lipinski definition) is 1. The minimum Gasteiger partial charge on any atom is -0.303 e. The number of unbranched alkanes of at least 4 members (excludes halogenated alkanes) is 5. The molecule has 1 N–H and O–H groups in total. The molecule has 16 heavy (non-hydrogen) atoms. The Kier molecular flexibility index (Phi) is 11.2. The van der Waals surface area contributed by atoms with Gasteiger partial charge in [-0.2, -0.15) is 0 Å². The fraction of sp³-hybridized carbons (Fsp3) is 0.846. The van der Waals surface area contributed by atoms with Crippen molar-refractivity contribution in [3.05, 3.63) is 11.0 Å². The SMILES string of the molecule is CCCCCCCC(=CS(=O)O)CCCC. The Morgan fingerprint density at radius 2 is 1.56 bits per heavy atom. The van der Waals surface area contributed by atoms with Gasteiger partial charge in [0.2, 0.25) is 0 Å². The summed E-state index contributed by atoms with van der Waals surface area (Å²) >= 11 is -1.77. The lowest BCUT2D eigenvalue weighted by atomic mass is 10.0. The lowest BCUT2D eigenvalue weighted by molar-refractivity contribution is 0.572. The molecule has 0 heterocycles. The molecule has 0 amide bonds. The van der Waals surface area contributed by atoms with E-state index in [0.29, 0.717) is 0 Å². The Morgan fingerprint density at radius 3 is 2.12 bits per heavy atom. The van der Waals surface area contributed by atoms with Crippen LogP contribution < -0.4 is 0 Å². The zero-order valence-electron chi connectivity index (χ0n) is 10.7. The molecule has 0 saturated heterocycles. The maximum atomic E-state index is 10.7. The van der Waals surface area contributed by atoms with Crippen LogP contribution in [0, 0.1) is 0 Å². The van der Waals surface area contributed by atoms with E-state index in [1.54, 1.807) is 0 Å². The van der Waals surface area contributed by atoms with Gasteiger partial charge in [0.15, 0.2) is 11.1 Å². The molecule has 0 aromatic carbocycles. The van der Waals surface area contributed by atoms with Crippen molar-refractivity contribution < 1.29 is 8.76 Å². The van der Waals surface area contributed by atoms with E-state index >= 15 is 0 Å². The molecule has 0 aliphatic carbocycles. The summed E-state index contributed by atoms with van der Waals surface area (Å²) in [5, 5.41) is 1.52. The lowest BCUT2D eigenvalue weighted by Crippen LogP contribution is -1.90. The number of allylic oxidation sites excluding steroid dienone is 1. The molecule has 0 saturated carbocycles. The van der Waals surface area contributed by atoms with Gasteiger partial charge in [0.05, 0.1) is 0 Å². The van der Waals surface area contributed by atoms with Crippen molar-refractivity contribution in [3.8, 4) is 0 Å². The van der Waals surface area contributed by atoms with Crippen LogP contribution in [0.1, 0.15) is 71.6 Å². The van der Waals surface area contributed by atoms with Crippen molar-refractivity contribution in [2.45, 2.75) is 71.6 Å². The van der Waals surface area contributed by atoms with Gasteiger partial charge in [-0.05, 0) is 25.7 Å². The van der Waals surface area contributed by atoms with Crippen LogP contribution in [0.2, 0.25) is 0 Å². The summed E-state index contributed by atoms with van der Waals surface area (Å²) < 4.78 is 19.6. The molecular weight excluding hydrogens is 220 g/mol. The molecule has 1 atom stereocenters. The largest absolute Gasteiger partial charge is 0.303 e.